The highest BCUT2D eigenvalue weighted by Crippen LogP contribution is 2.19. The van der Waals surface area contributed by atoms with E-state index < -0.39 is 96.4 Å². The van der Waals surface area contributed by atoms with E-state index in [2.05, 4.69) is 10.6 Å². The summed E-state index contributed by atoms with van der Waals surface area (Å²) in [5.74, 6) is -11.6. The normalized spacial score (nSPS) is 13.1. The number of hydrogen-bond acceptors (Lipinski definition) is 10. The molecule has 60 heavy (non-hydrogen) atoms. The Labute approximate surface area is 353 Å². The smallest absolute Gasteiger partial charge is 0.326 e. The second kappa shape index (κ2) is 33.1. The van der Waals surface area contributed by atoms with Crippen LogP contribution in [0, 0.1) is 17.8 Å². The highest BCUT2D eigenvalue weighted by atomic mass is 16.4. The number of nitrogens with one attached hydrogen (secondary N) is 2. The first kappa shape index (κ1) is 55.3. The van der Waals surface area contributed by atoms with Crippen LogP contribution in [0.15, 0.2) is 0 Å². The lowest BCUT2D eigenvalue weighted by Crippen LogP contribution is -2.41. The van der Waals surface area contributed by atoms with Crippen LogP contribution in [0.5, 0.6) is 0 Å². The van der Waals surface area contributed by atoms with Crippen LogP contribution in [0.3, 0.4) is 0 Å². The predicted molar refractivity (Wildman–Crippen MR) is 219 cm³/mol. The Morgan fingerprint density at radius 3 is 1.05 bits per heavy atom. The molecule has 4 atom stereocenters. The maximum atomic E-state index is 12.7. The highest BCUT2D eigenvalue weighted by molar-refractivity contribution is 5.88. The fourth-order valence-electron chi connectivity index (χ4n) is 6.63. The van der Waals surface area contributed by atoms with Gasteiger partial charge in [-0.25, -0.2) is 9.59 Å². The molecule has 0 aromatic rings. The summed E-state index contributed by atoms with van der Waals surface area (Å²) in [6.45, 7) is 3.34. The zero-order chi connectivity index (χ0) is 45.5. The average molecular weight is 855 g/mol. The molecule has 0 heterocycles. The number of aliphatic carboxylic acids is 5. The van der Waals surface area contributed by atoms with Crippen LogP contribution >= 0.6 is 0 Å². The molecular weight excluding hydrogens is 784 g/mol. The second-order valence-corrected chi connectivity index (χ2v) is 16.1. The Morgan fingerprint density at radius 1 is 0.383 bits per heavy atom. The first-order chi connectivity index (χ1) is 28.3. The van der Waals surface area contributed by atoms with Crippen LogP contribution in [0.2, 0.25) is 0 Å². The van der Waals surface area contributed by atoms with Gasteiger partial charge in [0.15, 0.2) is 0 Å². The maximum Gasteiger partial charge on any atom is 0.326 e. The summed E-state index contributed by atoms with van der Waals surface area (Å²) >= 11 is 0. The number of unbranched alkanes of at least 4 members (excludes halogenated alkanes) is 13. The van der Waals surface area contributed by atoms with Crippen molar-refractivity contribution in [2.24, 2.45) is 17.8 Å². The van der Waals surface area contributed by atoms with Crippen LogP contribution in [0.4, 0.5) is 0 Å². The van der Waals surface area contributed by atoms with Crippen molar-refractivity contribution in [3.8, 4) is 0 Å². The van der Waals surface area contributed by atoms with Crippen LogP contribution in [-0.4, -0.2) is 96.6 Å². The molecule has 2 amide bonds. The number of Topliss-reactive ketones (excluding diaryl/α,β-unsaturated/α-hetero) is 3. The lowest BCUT2D eigenvalue weighted by Gasteiger charge is -2.17. The molecule has 0 aliphatic heterocycles. The lowest BCUT2D eigenvalue weighted by atomic mass is 9.92. The maximum absolute atomic E-state index is 12.7. The van der Waals surface area contributed by atoms with Gasteiger partial charge in [-0.05, 0) is 38.5 Å². The fourth-order valence-corrected chi connectivity index (χ4v) is 6.63. The van der Waals surface area contributed by atoms with E-state index in [0.717, 1.165) is 57.8 Å². The first-order valence-electron chi connectivity index (χ1n) is 21.6. The number of carbonyl (C=O) groups is 10. The quantitative estimate of drug-likeness (QED) is 0.0342. The molecule has 0 aromatic carbocycles. The van der Waals surface area contributed by atoms with Crippen LogP contribution in [0.25, 0.3) is 0 Å². The molecule has 17 nitrogen and oxygen atoms in total. The molecule has 0 spiro atoms. The molecule has 0 saturated carbocycles. The van der Waals surface area contributed by atoms with Crippen LogP contribution in [-0.2, 0) is 47.9 Å². The van der Waals surface area contributed by atoms with Gasteiger partial charge in [0.05, 0.1) is 11.8 Å². The minimum Gasteiger partial charge on any atom is -0.481 e. The van der Waals surface area contributed by atoms with Gasteiger partial charge >= 0.3 is 29.8 Å². The molecule has 0 saturated heterocycles. The Hall–Kier alpha value is -4.70. The fraction of sp³-hybridized carbons (Fsp3) is 0.767. The van der Waals surface area contributed by atoms with E-state index >= 15 is 0 Å². The van der Waals surface area contributed by atoms with E-state index in [1.807, 2.05) is 0 Å². The summed E-state index contributed by atoms with van der Waals surface area (Å²) in [5.41, 5.74) is 0. The topological polar surface area (TPSA) is 296 Å². The minimum absolute atomic E-state index is 0.0212. The average Bonchev–Trinajstić information content (AvgIpc) is 3.17. The standard InChI is InChI=1S/C43H70N2O15/c1-29(2)36(48)25-19-30(40(53)54)27-32(46)22-24-35(43(59)60)45-38(50)26-20-31(41(55)56)28-33(47)21-23-34(42(57)58)44-37(49)17-15-13-11-9-7-5-3-4-6-8-10-12-14-16-18-39(51)52/h29-31,34-35H,3-28H2,1-2H3,(H,44,49)(H,45,50)(H,51,52)(H,53,54)(H,55,56)(H,57,58)(H,59,60)/t30-,31-,34+,35+/m1/s1. The lowest BCUT2D eigenvalue weighted by molar-refractivity contribution is -0.145. The Bertz CT molecular complexity index is 1400. The van der Waals surface area contributed by atoms with Gasteiger partial charge in [0.2, 0.25) is 11.8 Å². The number of carbonyl (C=O) groups excluding carboxylic acids is 5. The molecule has 0 unspecified atom stereocenters. The minimum atomic E-state index is -1.53. The van der Waals surface area contributed by atoms with E-state index in [-0.39, 0.29) is 69.5 Å². The zero-order valence-corrected chi connectivity index (χ0v) is 35.6. The number of rotatable bonds is 40. The summed E-state index contributed by atoms with van der Waals surface area (Å²) in [7, 11) is 0. The first-order valence-corrected chi connectivity index (χ1v) is 21.6. The molecule has 342 valence electrons. The molecule has 17 heteroatoms. The Morgan fingerprint density at radius 2 is 0.717 bits per heavy atom. The number of ketones is 3. The summed E-state index contributed by atoms with van der Waals surface area (Å²) in [5, 5.41) is 51.5. The van der Waals surface area contributed by atoms with Gasteiger partial charge in [-0.3, -0.25) is 38.4 Å². The largest absolute Gasteiger partial charge is 0.481 e. The van der Waals surface area contributed by atoms with Crippen molar-refractivity contribution in [3.63, 3.8) is 0 Å². The third-order valence-electron chi connectivity index (χ3n) is 10.5. The van der Waals surface area contributed by atoms with Crippen molar-refractivity contribution in [3.05, 3.63) is 0 Å². The summed E-state index contributed by atoms with van der Waals surface area (Å²) in [6.07, 6.45) is 11.5. The molecule has 0 fully saturated rings. The number of carboxylic acids is 5. The summed E-state index contributed by atoms with van der Waals surface area (Å²) in [4.78, 5) is 119. The number of carboxylic acid groups (broad SMARTS) is 5. The molecular formula is C43H70N2O15. The van der Waals surface area contributed by atoms with Gasteiger partial charge in [0.25, 0.3) is 0 Å². The Balaban J connectivity index is 4.52. The van der Waals surface area contributed by atoms with Crippen molar-refractivity contribution in [1.82, 2.24) is 10.6 Å². The van der Waals surface area contributed by atoms with Crippen molar-refractivity contribution in [1.29, 1.82) is 0 Å². The third kappa shape index (κ3) is 29.5. The Kier molecular flexibility index (Phi) is 30.5. The molecule has 0 aromatic heterocycles. The highest BCUT2D eigenvalue weighted by Gasteiger charge is 2.28. The number of hydrogen-bond donors (Lipinski definition) is 7. The zero-order valence-electron chi connectivity index (χ0n) is 35.6. The van der Waals surface area contributed by atoms with Gasteiger partial charge in [-0.15, -0.1) is 0 Å². The van der Waals surface area contributed by atoms with Gasteiger partial charge in [-0.1, -0.05) is 90.9 Å². The summed E-state index contributed by atoms with van der Waals surface area (Å²) < 4.78 is 0. The predicted octanol–water partition coefficient (Wildman–Crippen LogP) is 6.12. The van der Waals surface area contributed by atoms with Gasteiger partial charge in [0, 0.05) is 57.3 Å². The molecule has 7 N–H and O–H groups in total. The SMILES string of the molecule is CC(C)C(=O)CC[C@H](CC(=O)CC[C@H](NC(=O)CC[C@H](CC(=O)CC[C@H](NC(=O)CCCCCCCCCCCCCCCCC(=O)O)C(=O)O)C(=O)O)C(=O)O)C(=O)O. The van der Waals surface area contributed by atoms with Crippen molar-refractivity contribution >= 4 is 59.0 Å². The summed E-state index contributed by atoms with van der Waals surface area (Å²) in [6, 6.07) is -2.88. The van der Waals surface area contributed by atoms with E-state index in [0.29, 0.717) is 6.42 Å². The van der Waals surface area contributed by atoms with Crippen molar-refractivity contribution in [2.75, 3.05) is 0 Å². The second-order valence-electron chi connectivity index (χ2n) is 16.1. The molecule has 0 aliphatic carbocycles. The monoisotopic (exact) mass is 854 g/mol. The molecule has 0 radical (unpaired) electrons. The van der Waals surface area contributed by atoms with Crippen molar-refractivity contribution in [2.45, 2.75) is 193 Å². The van der Waals surface area contributed by atoms with E-state index in [4.69, 9.17) is 5.11 Å². The van der Waals surface area contributed by atoms with Gasteiger partial charge in [-0.2, -0.15) is 0 Å². The molecule has 0 rings (SSSR count). The van der Waals surface area contributed by atoms with E-state index in [9.17, 15) is 68.4 Å². The van der Waals surface area contributed by atoms with E-state index in [1.165, 1.54) is 25.7 Å². The molecule has 0 bridgehead atoms. The number of amides is 2. The molecule has 0 aliphatic rings. The van der Waals surface area contributed by atoms with Gasteiger partial charge in [0.1, 0.15) is 29.4 Å². The van der Waals surface area contributed by atoms with Crippen molar-refractivity contribution < 1.29 is 73.5 Å². The van der Waals surface area contributed by atoms with Gasteiger partial charge < -0.3 is 36.2 Å². The van der Waals surface area contributed by atoms with Crippen LogP contribution < -0.4 is 10.6 Å². The van der Waals surface area contributed by atoms with E-state index in [1.54, 1.807) is 13.8 Å². The third-order valence-corrected chi connectivity index (χ3v) is 10.5. The van der Waals surface area contributed by atoms with Crippen LogP contribution in [0.1, 0.15) is 181 Å².